The summed E-state index contributed by atoms with van der Waals surface area (Å²) in [4.78, 5) is 23.0. The van der Waals surface area contributed by atoms with Gasteiger partial charge in [0.05, 0.1) is 6.33 Å². The number of carbonyl (C=O) groups excluding carboxylic acids is 1. The van der Waals surface area contributed by atoms with E-state index in [1.165, 1.54) is 19.3 Å². The SMILES string of the molecule is O=C(NCc1ccc(-n2ccnc2)cc1)NCc1ccnc(N2CCCCC2)c1. The fourth-order valence-corrected chi connectivity index (χ4v) is 3.49. The van der Waals surface area contributed by atoms with E-state index in [1.807, 2.05) is 47.3 Å². The van der Waals surface area contributed by atoms with Crippen LogP contribution >= 0.6 is 0 Å². The molecule has 2 N–H and O–H groups in total. The third-order valence-corrected chi connectivity index (χ3v) is 5.13. The highest BCUT2D eigenvalue weighted by molar-refractivity contribution is 5.73. The minimum Gasteiger partial charge on any atom is -0.357 e. The predicted octanol–water partition coefficient (Wildman–Crippen LogP) is 3.26. The van der Waals surface area contributed by atoms with Crippen molar-refractivity contribution in [3.63, 3.8) is 0 Å². The van der Waals surface area contributed by atoms with E-state index >= 15 is 0 Å². The molecule has 0 unspecified atom stereocenters. The second-order valence-corrected chi connectivity index (χ2v) is 7.24. The van der Waals surface area contributed by atoms with Crippen LogP contribution in [0.2, 0.25) is 0 Å². The van der Waals surface area contributed by atoms with Crippen molar-refractivity contribution in [2.24, 2.45) is 0 Å². The van der Waals surface area contributed by atoms with Gasteiger partial charge in [0.25, 0.3) is 0 Å². The number of hydrogen-bond acceptors (Lipinski definition) is 4. The average molecular weight is 390 g/mol. The van der Waals surface area contributed by atoms with Gasteiger partial charge in [-0.1, -0.05) is 12.1 Å². The van der Waals surface area contributed by atoms with E-state index in [2.05, 4.69) is 31.6 Å². The van der Waals surface area contributed by atoms with Crippen molar-refractivity contribution in [1.82, 2.24) is 25.2 Å². The van der Waals surface area contributed by atoms with Crippen LogP contribution in [0, 0.1) is 0 Å². The third kappa shape index (κ3) is 5.13. The molecule has 1 fully saturated rings. The molecule has 1 aliphatic heterocycles. The van der Waals surface area contributed by atoms with Crippen molar-refractivity contribution in [3.8, 4) is 5.69 Å². The third-order valence-electron chi connectivity index (χ3n) is 5.13. The van der Waals surface area contributed by atoms with Gasteiger partial charge in [0.1, 0.15) is 5.82 Å². The van der Waals surface area contributed by atoms with Crippen LogP contribution in [0.5, 0.6) is 0 Å². The molecule has 2 aromatic heterocycles. The van der Waals surface area contributed by atoms with Crippen molar-refractivity contribution < 1.29 is 4.79 Å². The fourth-order valence-electron chi connectivity index (χ4n) is 3.49. The lowest BCUT2D eigenvalue weighted by Gasteiger charge is -2.27. The minimum absolute atomic E-state index is 0.181. The van der Waals surface area contributed by atoms with Crippen LogP contribution in [-0.2, 0) is 13.1 Å². The zero-order valence-electron chi connectivity index (χ0n) is 16.4. The Morgan fingerprint density at radius 1 is 0.931 bits per heavy atom. The van der Waals surface area contributed by atoms with E-state index in [0.29, 0.717) is 13.1 Å². The predicted molar refractivity (Wildman–Crippen MR) is 113 cm³/mol. The maximum Gasteiger partial charge on any atom is 0.315 e. The molecule has 150 valence electrons. The lowest BCUT2D eigenvalue weighted by atomic mass is 10.1. The van der Waals surface area contributed by atoms with Crippen molar-refractivity contribution >= 4 is 11.8 Å². The first kappa shape index (κ1) is 19.0. The Hall–Kier alpha value is -3.35. The molecular weight excluding hydrogens is 364 g/mol. The van der Waals surface area contributed by atoms with E-state index in [1.54, 1.807) is 12.5 Å². The lowest BCUT2D eigenvalue weighted by Crippen LogP contribution is -2.34. The smallest absolute Gasteiger partial charge is 0.315 e. The van der Waals surface area contributed by atoms with E-state index in [9.17, 15) is 4.79 Å². The number of nitrogens with one attached hydrogen (secondary N) is 2. The molecule has 1 aliphatic rings. The lowest BCUT2D eigenvalue weighted by molar-refractivity contribution is 0.240. The van der Waals surface area contributed by atoms with Crippen LogP contribution in [0.4, 0.5) is 10.6 Å². The molecule has 7 nitrogen and oxygen atoms in total. The number of carbonyl (C=O) groups is 1. The molecule has 3 aromatic rings. The zero-order chi connectivity index (χ0) is 19.9. The first-order valence-electron chi connectivity index (χ1n) is 10.1. The quantitative estimate of drug-likeness (QED) is 0.677. The van der Waals surface area contributed by atoms with Gasteiger partial charge in [0.2, 0.25) is 0 Å². The van der Waals surface area contributed by atoms with E-state index < -0.39 is 0 Å². The number of hydrogen-bond donors (Lipinski definition) is 2. The highest BCUT2D eigenvalue weighted by Gasteiger charge is 2.12. The normalized spacial score (nSPS) is 13.9. The molecule has 2 amide bonds. The van der Waals surface area contributed by atoms with E-state index in [0.717, 1.165) is 35.7 Å². The molecule has 1 saturated heterocycles. The number of rotatable bonds is 6. The van der Waals surface area contributed by atoms with Crippen LogP contribution in [0.25, 0.3) is 5.69 Å². The molecule has 29 heavy (non-hydrogen) atoms. The standard InChI is InChI=1S/C22H26N6O/c29-22(25-15-18-4-6-20(7-5-18)28-13-10-23-17-28)26-16-19-8-9-24-21(14-19)27-11-2-1-3-12-27/h4-10,13-14,17H,1-3,11-12,15-16H2,(H2,25,26,29). The number of anilines is 1. The summed E-state index contributed by atoms with van der Waals surface area (Å²) < 4.78 is 1.94. The van der Waals surface area contributed by atoms with Gasteiger partial charge in [-0.05, 0) is 54.7 Å². The number of imidazole rings is 1. The number of amides is 2. The molecule has 0 spiro atoms. The number of aromatic nitrogens is 3. The second kappa shape index (κ2) is 9.23. The molecular formula is C22H26N6O. The van der Waals surface area contributed by atoms with Gasteiger partial charge in [-0.2, -0.15) is 0 Å². The molecule has 1 aromatic carbocycles. The number of nitrogens with zero attached hydrogens (tertiary/aromatic N) is 4. The van der Waals surface area contributed by atoms with E-state index in [-0.39, 0.29) is 6.03 Å². The Labute approximate surface area is 170 Å². The maximum atomic E-state index is 12.2. The number of piperidine rings is 1. The molecule has 0 radical (unpaired) electrons. The van der Waals surface area contributed by atoms with Crippen LogP contribution in [0.15, 0.2) is 61.3 Å². The van der Waals surface area contributed by atoms with Crippen LogP contribution < -0.4 is 15.5 Å². The Morgan fingerprint density at radius 2 is 1.69 bits per heavy atom. The van der Waals surface area contributed by atoms with Crippen molar-refractivity contribution in [2.45, 2.75) is 32.4 Å². The highest BCUT2D eigenvalue weighted by atomic mass is 16.2. The average Bonchev–Trinajstić information content (AvgIpc) is 3.32. The van der Waals surface area contributed by atoms with Gasteiger partial charge in [0, 0.05) is 50.5 Å². The largest absolute Gasteiger partial charge is 0.357 e. The van der Waals surface area contributed by atoms with Crippen molar-refractivity contribution in [3.05, 3.63) is 72.4 Å². The van der Waals surface area contributed by atoms with Gasteiger partial charge in [-0.25, -0.2) is 14.8 Å². The monoisotopic (exact) mass is 390 g/mol. The molecule has 3 heterocycles. The number of pyridine rings is 1. The van der Waals surface area contributed by atoms with Gasteiger partial charge in [-0.15, -0.1) is 0 Å². The van der Waals surface area contributed by atoms with Crippen molar-refractivity contribution in [2.75, 3.05) is 18.0 Å². The Bertz CT molecular complexity index is 917. The molecule has 0 atom stereocenters. The van der Waals surface area contributed by atoms with E-state index in [4.69, 9.17) is 0 Å². The Morgan fingerprint density at radius 3 is 2.41 bits per heavy atom. The van der Waals surface area contributed by atoms with Gasteiger partial charge in [-0.3, -0.25) is 0 Å². The summed E-state index contributed by atoms with van der Waals surface area (Å²) in [5, 5.41) is 5.83. The van der Waals surface area contributed by atoms with Gasteiger partial charge >= 0.3 is 6.03 Å². The summed E-state index contributed by atoms with van der Waals surface area (Å²) in [7, 11) is 0. The van der Waals surface area contributed by atoms with Crippen LogP contribution in [-0.4, -0.2) is 33.7 Å². The molecule has 4 rings (SSSR count). The number of benzene rings is 1. The summed E-state index contributed by atoms with van der Waals surface area (Å²) in [6.45, 7) is 3.08. The first-order chi connectivity index (χ1) is 14.3. The van der Waals surface area contributed by atoms with Gasteiger partial charge in [0.15, 0.2) is 0 Å². The minimum atomic E-state index is -0.181. The molecule has 0 saturated carbocycles. The summed E-state index contributed by atoms with van der Waals surface area (Å²) in [6.07, 6.45) is 11.0. The van der Waals surface area contributed by atoms with Crippen LogP contribution in [0.3, 0.4) is 0 Å². The fraction of sp³-hybridized carbons (Fsp3) is 0.318. The topological polar surface area (TPSA) is 75.1 Å². The summed E-state index contributed by atoms with van der Waals surface area (Å²) >= 11 is 0. The summed E-state index contributed by atoms with van der Waals surface area (Å²) in [5.41, 5.74) is 3.14. The Kier molecular flexibility index (Phi) is 6.04. The van der Waals surface area contributed by atoms with Crippen LogP contribution in [0.1, 0.15) is 30.4 Å². The molecule has 7 heteroatoms. The van der Waals surface area contributed by atoms with Crippen molar-refractivity contribution in [1.29, 1.82) is 0 Å². The van der Waals surface area contributed by atoms with Gasteiger partial charge < -0.3 is 20.1 Å². The summed E-state index contributed by atoms with van der Waals surface area (Å²) in [6, 6.07) is 11.9. The molecule has 0 aliphatic carbocycles. The Balaban J connectivity index is 1.25. The zero-order valence-corrected chi connectivity index (χ0v) is 16.4. The first-order valence-corrected chi connectivity index (χ1v) is 10.1. The maximum absolute atomic E-state index is 12.2. The summed E-state index contributed by atoms with van der Waals surface area (Å²) in [5.74, 6) is 1.00. The number of urea groups is 1. The molecule has 0 bridgehead atoms. The highest BCUT2D eigenvalue weighted by Crippen LogP contribution is 2.18. The second-order valence-electron chi connectivity index (χ2n) is 7.24.